The van der Waals surface area contributed by atoms with E-state index < -0.39 is 0 Å². The zero-order valence-electron chi connectivity index (χ0n) is 14.9. The van der Waals surface area contributed by atoms with Crippen LogP contribution in [0.4, 0.5) is 11.4 Å². The van der Waals surface area contributed by atoms with Crippen molar-refractivity contribution in [1.82, 2.24) is 0 Å². The second-order valence-corrected chi connectivity index (χ2v) is 6.89. The van der Waals surface area contributed by atoms with E-state index in [-0.39, 0.29) is 5.92 Å². The van der Waals surface area contributed by atoms with Crippen LogP contribution in [0.3, 0.4) is 0 Å². The normalized spacial score (nSPS) is 15.8. The van der Waals surface area contributed by atoms with Crippen molar-refractivity contribution in [3.63, 3.8) is 0 Å². The summed E-state index contributed by atoms with van der Waals surface area (Å²) < 4.78 is 0. The first-order chi connectivity index (χ1) is 12.0. The van der Waals surface area contributed by atoms with Crippen LogP contribution in [-0.2, 0) is 6.42 Å². The van der Waals surface area contributed by atoms with Gasteiger partial charge in [0.25, 0.3) is 0 Å². The van der Waals surface area contributed by atoms with Gasteiger partial charge < -0.3 is 10.6 Å². The molecule has 1 aliphatic rings. The summed E-state index contributed by atoms with van der Waals surface area (Å²) in [4.78, 5) is 2.04. The number of rotatable bonds is 2. The molecule has 0 amide bonds. The first-order valence-corrected chi connectivity index (χ1v) is 8.55. The second kappa shape index (κ2) is 6.49. The van der Waals surface area contributed by atoms with Crippen LogP contribution in [0.25, 0.3) is 11.1 Å². The number of nitriles is 2. The molecule has 2 N–H and O–H groups in total. The van der Waals surface area contributed by atoms with Crippen LogP contribution < -0.4 is 10.6 Å². The van der Waals surface area contributed by atoms with Gasteiger partial charge in [-0.25, -0.2) is 0 Å². The molecule has 2 aromatic rings. The van der Waals surface area contributed by atoms with E-state index in [0.717, 1.165) is 47.2 Å². The van der Waals surface area contributed by atoms with Crippen molar-refractivity contribution in [2.75, 3.05) is 24.7 Å². The van der Waals surface area contributed by atoms with Crippen LogP contribution in [-0.4, -0.2) is 14.1 Å². The van der Waals surface area contributed by atoms with E-state index in [9.17, 15) is 10.5 Å². The largest absolute Gasteiger partial charge is 0.397 e. The van der Waals surface area contributed by atoms with Gasteiger partial charge in [-0.15, -0.1) is 0 Å². The Morgan fingerprint density at radius 1 is 1.08 bits per heavy atom. The van der Waals surface area contributed by atoms with Crippen LogP contribution in [0.1, 0.15) is 47.9 Å². The Bertz CT molecular complexity index is 896. The number of nitrogens with zero attached hydrogens (tertiary/aromatic N) is 3. The number of nitrogen functional groups attached to an aromatic ring is 1. The van der Waals surface area contributed by atoms with Gasteiger partial charge in [-0.2, -0.15) is 10.5 Å². The Hall–Kier alpha value is -2.98. The fourth-order valence-electron chi connectivity index (χ4n) is 3.86. The molecule has 3 rings (SSSR count). The molecule has 0 spiro atoms. The minimum atomic E-state index is 0.285. The van der Waals surface area contributed by atoms with Gasteiger partial charge in [0.05, 0.1) is 16.8 Å². The van der Waals surface area contributed by atoms with Crippen LogP contribution in [0, 0.1) is 22.7 Å². The molecule has 2 aromatic carbocycles. The summed E-state index contributed by atoms with van der Waals surface area (Å²) in [7, 11) is 4.00. The summed E-state index contributed by atoms with van der Waals surface area (Å²) in [6.07, 6.45) is 3.00. The number of nitrogens with two attached hydrogens (primary N) is 1. The summed E-state index contributed by atoms with van der Waals surface area (Å²) in [5.74, 6) is 0.285. The maximum atomic E-state index is 9.74. The fraction of sp³-hybridized carbons (Fsp3) is 0.333. The van der Waals surface area contributed by atoms with Crippen LogP contribution in [0.2, 0.25) is 0 Å². The van der Waals surface area contributed by atoms with Crippen molar-refractivity contribution in [2.45, 2.75) is 32.1 Å². The maximum absolute atomic E-state index is 9.74. The number of anilines is 2. The highest BCUT2D eigenvalue weighted by atomic mass is 15.1. The average Bonchev–Trinajstić information content (AvgIpc) is 2.61. The second-order valence-electron chi connectivity index (χ2n) is 6.89. The third-order valence-corrected chi connectivity index (χ3v) is 5.14. The third kappa shape index (κ3) is 2.71. The van der Waals surface area contributed by atoms with Gasteiger partial charge in [0.2, 0.25) is 0 Å². The number of hydrogen-bond acceptors (Lipinski definition) is 4. The Labute approximate surface area is 149 Å². The Balaban J connectivity index is 2.33. The molecule has 0 aliphatic heterocycles. The van der Waals surface area contributed by atoms with Crippen molar-refractivity contribution < 1.29 is 0 Å². The molecule has 0 saturated carbocycles. The van der Waals surface area contributed by atoms with Gasteiger partial charge in [-0.3, -0.25) is 0 Å². The first kappa shape index (κ1) is 16.9. The minimum absolute atomic E-state index is 0.285. The molecular formula is C21H22N4. The van der Waals surface area contributed by atoms with Crippen LogP contribution >= 0.6 is 0 Å². The summed E-state index contributed by atoms with van der Waals surface area (Å²) in [6, 6.07) is 12.7. The highest BCUT2D eigenvalue weighted by molar-refractivity contribution is 5.86. The smallest absolute Gasteiger partial charge is 0.102 e. The molecule has 1 atom stereocenters. The predicted molar refractivity (Wildman–Crippen MR) is 101 cm³/mol. The molecule has 4 nitrogen and oxygen atoms in total. The Morgan fingerprint density at radius 3 is 2.28 bits per heavy atom. The van der Waals surface area contributed by atoms with Crippen molar-refractivity contribution in [3.8, 4) is 23.3 Å². The van der Waals surface area contributed by atoms with Gasteiger partial charge in [-0.1, -0.05) is 19.1 Å². The van der Waals surface area contributed by atoms with Crippen molar-refractivity contribution >= 4 is 11.4 Å². The van der Waals surface area contributed by atoms with Gasteiger partial charge in [-0.05, 0) is 54.0 Å². The molecule has 0 aromatic heterocycles. The Morgan fingerprint density at radius 2 is 1.72 bits per heavy atom. The van der Waals surface area contributed by atoms with Crippen molar-refractivity contribution in [1.29, 1.82) is 10.5 Å². The van der Waals surface area contributed by atoms with E-state index in [1.165, 1.54) is 0 Å². The molecule has 126 valence electrons. The molecule has 0 bridgehead atoms. The lowest BCUT2D eigenvalue weighted by Gasteiger charge is -2.28. The highest BCUT2D eigenvalue weighted by Crippen LogP contribution is 2.44. The number of fused-ring (bicyclic) bond motifs is 1. The van der Waals surface area contributed by atoms with Gasteiger partial charge in [0.1, 0.15) is 12.1 Å². The van der Waals surface area contributed by atoms with E-state index in [2.05, 4.69) is 19.1 Å². The zero-order valence-corrected chi connectivity index (χ0v) is 14.9. The third-order valence-electron chi connectivity index (χ3n) is 5.14. The lowest BCUT2D eigenvalue weighted by atomic mass is 9.75. The molecule has 1 unspecified atom stereocenters. The quantitative estimate of drug-likeness (QED) is 0.838. The molecule has 0 heterocycles. The molecule has 0 radical (unpaired) electrons. The lowest BCUT2D eigenvalue weighted by molar-refractivity contribution is 0.590. The fourth-order valence-corrected chi connectivity index (χ4v) is 3.86. The molecule has 0 fully saturated rings. The van der Waals surface area contributed by atoms with Gasteiger partial charge in [0, 0.05) is 25.3 Å². The van der Waals surface area contributed by atoms with Crippen LogP contribution in [0.5, 0.6) is 0 Å². The zero-order chi connectivity index (χ0) is 18.1. The SMILES string of the molecule is CC1CCCc2c(-c3ccc(N(C)C)cc3)c(C#N)c(N)c(C#N)c21. The first-order valence-electron chi connectivity index (χ1n) is 8.55. The van der Waals surface area contributed by atoms with Gasteiger partial charge >= 0.3 is 0 Å². The molecular weight excluding hydrogens is 308 g/mol. The number of benzene rings is 2. The predicted octanol–water partition coefficient (Wildman–Crippen LogP) is 4.18. The van der Waals surface area contributed by atoms with Crippen molar-refractivity contribution in [2.24, 2.45) is 0 Å². The van der Waals surface area contributed by atoms with Crippen LogP contribution in [0.15, 0.2) is 24.3 Å². The van der Waals surface area contributed by atoms with E-state index in [4.69, 9.17) is 5.73 Å². The van der Waals surface area contributed by atoms with E-state index in [0.29, 0.717) is 16.8 Å². The standard InChI is InChI=1S/C21H22N4/c1-13-5-4-6-16-19(13)17(11-22)21(24)18(12-23)20(16)14-7-9-15(10-8-14)25(2)3/h7-10,13H,4-6,24H2,1-3H3. The summed E-state index contributed by atoms with van der Waals surface area (Å²) >= 11 is 0. The average molecular weight is 330 g/mol. The Kier molecular flexibility index (Phi) is 4.38. The summed E-state index contributed by atoms with van der Waals surface area (Å²) in [6.45, 7) is 2.14. The van der Waals surface area contributed by atoms with Gasteiger partial charge in [0.15, 0.2) is 0 Å². The number of hydrogen-bond donors (Lipinski definition) is 1. The summed E-state index contributed by atoms with van der Waals surface area (Å²) in [5.41, 5.74) is 12.7. The highest BCUT2D eigenvalue weighted by Gasteiger charge is 2.28. The molecule has 0 saturated heterocycles. The minimum Gasteiger partial charge on any atom is -0.397 e. The summed E-state index contributed by atoms with van der Waals surface area (Å²) in [5, 5.41) is 19.4. The topological polar surface area (TPSA) is 76.8 Å². The van der Waals surface area contributed by atoms with Crippen molar-refractivity contribution in [3.05, 3.63) is 46.5 Å². The van der Waals surface area contributed by atoms with E-state index in [1.807, 2.05) is 43.3 Å². The molecule has 4 heteroatoms. The monoisotopic (exact) mass is 330 g/mol. The maximum Gasteiger partial charge on any atom is 0.102 e. The molecule has 1 aliphatic carbocycles. The molecule has 25 heavy (non-hydrogen) atoms. The van der Waals surface area contributed by atoms with E-state index in [1.54, 1.807) is 0 Å². The lowest BCUT2D eigenvalue weighted by Crippen LogP contribution is -2.15. The van der Waals surface area contributed by atoms with E-state index >= 15 is 0 Å².